The summed E-state index contributed by atoms with van der Waals surface area (Å²) >= 11 is 0. The first-order valence-electron chi connectivity index (χ1n) is 8.87. The summed E-state index contributed by atoms with van der Waals surface area (Å²) in [6.45, 7) is 4.75. The molecule has 3 rings (SSSR count). The zero-order chi connectivity index (χ0) is 19.4. The van der Waals surface area contributed by atoms with E-state index in [1.165, 1.54) is 0 Å². The van der Waals surface area contributed by atoms with Crippen LogP contribution in [0.4, 0.5) is 0 Å². The third-order valence-corrected chi connectivity index (χ3v) is 4.57. The number of benzene rings is 2. The van der Waals surface area contributed by atoms with Crippen molar-refractivity contribution in [2.75, 3.05) is 26.3 Å². The number of amides is 1. The minimum Gasteiger partial charge on any atom is -0.481 e. The molecule has 0 spiro atoms. The van der Waals surface area contributed by atoms with Crippen LogP contribution in [0, 0.1) is 13.8 Å². The standard InChI is InChI=1S/C21H23NO5/c1-14-10-17(11-15(2)20(14)27-13-19(23)24)21(25)22-8-9-26-18(12-22)16-6-4-3-5-7-16/h3-7,10-11,18H,8-9,12-13H2,1-2H3,(H,23,24). The van der Waals surface area contributed by atoms with Crippen LogP contribution in [-0.4, -0.2) is 48.2 Å². The number of hydrogen-bond acceptors (Lipinski definition) is 4. The minimum atomic E-state index is -1.03. The summed E-state index contributed by atoms with van der Waals surface area (Å²) in [6.07, 6.45) is -0.135. The molecule has 0 saturated carbocycles. The van der Waals surface area contributed by atoms with Gasteiger partial charge in [0.1, 0.15) is 11.9 Å². The van der Waals surface area contributed by atoms with E-state index in [1.54, 1.807) is 17.0 Å². The van der Waals surface area contributed by atoms with Crippen LogP contribution in [0.15, 0.2) is 42.5 Å². The lowest BCUT2D eigenvalue weighted by atomic mass is 10.0. The molecular weight excluding hydrogens is 346 g/mol. The Bertz CT molecular complexity index is 811. The van der Waals surface area contributed by atoms with E-state index in [-0.39, 0.29) is 12.0 Å². The Kier molecular flexibility index (Phi) is 5.76. The lowest BCUT2D eigenvalue weighted by Gasteiger charge is -2.33. The van der Waals surface area contributed by atoms with Gasteiger partial charge in [0.25, 0.3) is 5.91 Å². The molecule has 6 heteroatoms. The quantitative estimate of drug-likeness (QED) is 0.877. The molecule has 1 aliphatic rings. The highest BCUT2D eigenvalue weighted by atomic mass is 16.5. The molecule has 0 radical (unpaired) electrons. The molecule has 1 N–H and O–H groups in total. The van der Waals surface area contributed by atoms with Gasteiger partial charge < -0.3 is 19.5 Å². The van der Waals surface area contributed by atoms with Gasteiger partial charge >= 0.3 is 5.97 Å². The maximum Gasteiger partial charge on any atom is 0.341 e. The third-order valence-electron chi connectivity index (χ3n) is 4.57. The van der Waals surface area contributed by atoms with E-state index < -0.39 is 12.6 Å². The predicted octanol–water partition coefficient (Wildman–Crippen LogP) is 2.98. The first kappa shape index (κ1) is 18.9. The zero-order valence-corrected chi connectivity index (χ0v) is 15.5. The van der Waals surface area contributed by atoms with Gasteiger partial charge in [-0.25, -0.2) is 4.79 Å². The molecule has 0 aliphatic carbocycles. The van der Waals surface area contributed by atoms with Crippen LogP contribution >= 0.6 is 0 Å². The Balaban J connectivity index is 1.76. The van der Waals surface area contributed by atoms with Gasteiger partial charge in [-0.05, 0) is 42.7 Å². The summed E-state index contributed by atoms with van der Waals surface area (Å²) in [6, 6.07) is 13.4. The molecule has 2 aromatic carbocycles. The van der Waals surface area contributed by atoms with Crippen molar-refractivity contribution in [3.8, 4) is 5.75 Å². The van der Waals surface area contributed by atoms with Crippen LogP contribution in [-0.2, 0) is 9.53 Å². The average molecular weight is 369 g/mol. The van der Waals surface area contributed by atoms with Gasteiger partial charge in [-0.2, -0.15) is 0 Å². The Labute approximate surface area is 158 Å². The fraction of sp³-hybridized carbons (Fsp3) is 0.333. The summed E-state index contributed by atoms with van der Waals surface area (Å²) in [5.41, 5.74) is 3.11. The molecular formula is C21H23NO5. The Morgan fingerprint density at radius 3 is 2.48 bits per heavy atom. The average Bonchev–Trinajstić information content (AvgIpc) is 2.67. The maximum absolute atomic E-state index is 13.0. The van der Waals surface area contributed by atoms with Gasteiger partial charge in [-0.15, -0.1) is 0 Å². The number of aliphatic carboxylic acids is 1. The second-order valence-corrected chi connectivity index (χ2v) is 6.64. The second-order valence-electron chi connectivity index (χ2n) is 6.64. The molecule has 1 unspecified atom stereocenters. The van der Waals surface area contributed by atoms with E-state index in [9.17, 15) is 9.59 Å². The highest BCUT2D eigenvalue weighted by Gasteiger charge is 2.26. The maximum atomic E-state index is 13.0. The summed E-state index contributed by atoms with van der Waals surface area (Å²) in [5.74, 6) is -0.581. The summed E-state index contributed by atoms with van der Waals surface area (Å²) in [7, 11) is 0. The number of nitrogens with zero attached hydrogens (tertiary/aromatic N) is 1. The molecule has 1 fully saturated rings. The first-order chi connectivity index (χ1) is 13.0. The van der Waals surface area contributed by atoms with Crippen LogP contribution in [0.5, 0.6) is 5.75 Å². The van der Waals surface area contributed by atoms with Crippen molar-refractivity contribution in [2.45, 2.75) is 20.0 Å². The molecule has 27 heavy (non-hydrogen) atoms. The minimum absolute atomic E-state index is 0.0600. The van der Waals surface area contributed by atoms with Gasteiger partial charge in [-0.1, -0.05) is 30.3 Å². The highest BCUT2D eigenvalue weighted by Crippen LogP contribution is 2.27. The number of hydrogen-bond donors (Lipinski definition) is 1. The van der Waals surface area contributed by atoms with E-state index in [4.69, 9.17) is 14.6 Å². The van der Waals surface area contributed by atoms with E-state index in [1.807, 2.05) is 44.2 Å². The number of carboxylic acids is 1. The zero-order valence-electron chi connectivity index (χ0n) is 15.5. The van der Waals surface area contributed by atoms with E-state index in [0.29, 0.717) is 31.0 Å². The van der Waals surface area contributed by atoms with Gasteiger partial charge in [0.2, 0.25) is 0 Å². The number of morpholine rings is 1. The summed E-state index contributed by atoms with van der Waals surface area (Å²) in [5, 5.41) is 8.79. The fourth-order valence-electron chi connectivity index (χ4n) is 3.32. The monoisotopic (exact) mass is 369 g/mol. The molecule has 1 saturated heterocycles. The van der Waals surface area contributed by atoms with E-state index in [0.717, 1.165) is 16.7 Å². The van der Waals surface area contributed by atoms with Gasteiger partial charge in [-0.3, -0.25) is 4.79 Å². The Morgan fingerprint density at radius 2 is 1.85 bits per heavy atom. The number of carbonyl (C=O) groups excluding carboxylic acids is 1. The van der Waals surface area contributed by atoms with Crippen LogP contribution in [0.3, 0.4) is 0 Å². The van der Waals surface area contributed by atoms with Crippen molar-refractivity contribution in [3.63, 3.8) is 0 Å². The number of carboxylic acid groups (broad SMARTS) is 1. The molecule has 1 aliphatic heterocycles. The van der Waals surface area contributed by atoms with Crippen molar-refractivity contribution < 1.29 is 24.2 Å². The lowest BCUT2D eigenvalue weighted by molar-refractivity contribution is -0.139. The van der Waals surface area contributed by atoms with Crippen molar-refractivity contribution in [1.29, 1.82) is 0 Å². The van der Waals surface area contributed by atoms with Crippen molar-refractivity contribution in [1.82, 2.24) is 4.90 Å². The number of carbonyl (C=O) groups is 2. The third kappa shape index (κ3) is 4.46. The van der Waals surface area contributed by atoms with E-state index >= 15 is 0 Å². The highest BCUT2D eigenvalue weighted by molar-refractivity contribution is 5.95. The van der Waals surface area contributed by atoms with Crippen molar-refractivity contribution in [3.05, 3.63) is 64.7 Å². The van der Waals surface area contributed by atoms with Crippen LogP contribution < -0.4 is 4.74 Å². The lowest BCUT2D eigenvalue weighted by Crippen LogP contribution is -2.42. The Morgan fingerprint density at radius 1 is 1.19 bits per heavy atom. The van der Waals surface area contributed by atoms with Crippen LogP contribution in [0.1, 0.15) is 33.2 Å². The molecule has 6 nitrogen and oxygen atoms in total. The summed E-state index contributed by atoms with van der Waals surface area (Å²) in [4.78, 5) is 25.5. The molecule has 2 aromatic rings. The van der Waals surface area contributed by atoms with Crippen LogP contribution in [0.2, 0.25) is 0 Å². The number of rotatable bonds is 5. The molecule has 1 atom stereocenters. The molecule has 0 bridgehead atoms. The van der Waals surface area contributed by atoms with E-state index in [2.05, 4.69) is 0 Å². The van der Waals surface area contributed by atoms with Gasteiger partial charge in [0.05, 0.1) is 13.2 Å². The van der Waals surface area contributed by atoms with Crippen molar-refractivity contribution in [2.24, 2.45) is 0 Å². The van der Waals surface area contributed by atoms with Crippen molar-refractivity contribution >= 4 is 11.9 Å². The largest absolute Gasteiger partial charge is 0.481 e. The second kappa shape index (κ2) is 8.22. The topological polar surface area (TPSA) is 76.1 Å². The van der Waals surface area contributed by atoms with Gasteiger partial charge in [0, 0.05) is 12.1 Å². The Hall–Kier alpha value is -2.86. The normalized spacial score (nSPS) is 16.8. The molecule has 0 aromatic heterocycles. The molecule has 1 amide bonds. The number of ether oxygens (including phenoxy) is 2. The molecule has 142 valence electrons. The molecule has 1 heterocycles. The predicted molar refractivity (Wildman–Crippen MR) is 100 cm³/mol. The smallest absolute Gasteiger partial charge is 0.341 e. The van der Waals surface area contributed by atoms with Crippen LogP contribution in [0.25, 0.3) is 0 Å². The summed E-state index contributed by atoms with van der Waals surface area (Å²) < 4.78 is 11.2. The van der Waals surface area contributed by atoms with Gasteiger partial charge in [0.15, 0.2) is 6.61 Å². The fourth-order valence-corrected chi connectivity index (χ4v) is 3.32. The first-order valence-corrected chi connectivity index (χ1v) is 8.87. The SMILES string of the molecule is Cc1cc(C(=O)N2CCOC(c3ccccc3)C2)cc(C)c1OCC(=O)O. The number of aryl methyl sites for hydroxylation is 2.